The zero-order valence-corrected chi connectivity index (χ0v) is 22.2. The number of hydrogen-bond donors (Lipinski definition) is 0. The maximum atomic E-state index is 13.1. The van der Waals surface area contributed by atoms with E-state index in [4.69, 9.17) is 4.74 Å². The predicted molar refractivity (Wildman–Crippen MR) is 140 cm³/mol. The van der Waals surface area contributed by atoms with Crippen LogP contribution in [0.15, 0.2) is 11.6 Å². The number of rotatable bonds is 23. The van der Waals surface area contributed by atoms with Crippen molar-refractivity contribution in [3.05, 3.63) is 11.6 Å². The molecule has 1 unspecified atom stereocenters. The Morgan fingerprint density at radius 1 is 0.656 bits per heavy atom. The van der Waals surface area contributed by atoms with Gasteiger partial charge in [-0.25, -0.2) is 0 Å². The van der Waals surface area contributed by atoms with E-state index >= 15 is 0 Å². The van der Waals surface area contributed by atoms with Gasteiger partial charge in [0.2, 0.25) is 0 Å². The molecule has 0 aliphatic heterocycles. The zero-order valence-electron chi connectivity index (χ0n) is 22.2. The lowest BCUT2D eigenvalue weighted by Gasteiger charge is -2.32. The van der Waals surface area contributed by atoms with Crippen molar-refractivity contribution in [1.82, 2.24) is 0 Å². The standard InChI is InChI=1S/C30H56O2/c1-4-7-10-12-14-16-18-20-23-28-24-25-29(31)30(28,32-27-22-9-6-3)26-21-19-17-15-13-11-8-5-2/h24H,4-23,25-27H2,1-3H3. The van der Waals surface area contributed by atoms with Crippen molar-refractivity contribution in [3.8, 4) is 0 Å². The van der Waals surface area contributed by atoms with Crippen LogP contribution in [-0.2, 0) is 9.53 Å². The molecule has 0 saturated heterocycles. The first kappa shape index (κ1) is 29.4. The Bertz CT molecular complexity index is 481. The summed E-state index contributed by atoms with van der Waals surface area (Å²) in [4.78, 5) is 13.1. The second kappa shape index (κ2) is 19.8. The van der Waals surface area contributed by atoms with Gasteiger partial charge in [-0.1, -0.05) is 130 Å². The first-order valence-corrected chi connectivity index (χ1v) is 14.6. The lowest BCUT2D eigenvalue weighted by Crippen LogP contribution is -2.40. The Balaban J connectivity index is 2.46. The van der Waals surface area contributed by atoms with Gasteiger partial charge in [0.05, 0.1) is 0 Å². The van der Waals surface area contributed by atoms with Gasteiger partial charge in [-0.15, -0.1) is 0 Å². The fourth-order valence-electron chi connectivity index (χ4n) is 5.13. The Morgan fingerprint density at radius 3 is 1.69 bits per heavy atom. The highest BCUT2D eigenvalue weighted by Crippen LogP contribution is 2.39. The second-order valence-electron chi connectivity index (χ2n) is 10.2. The van der Waals surface area contributed by atoms with E-state index in [2.05, 4.69) is 26.8 Å². The largest absolute Gasteiger partial charge is 0.363 e. The molecule has 0 fully saturated rings. The van der Waals surface area contributed by atoms with Gasteiger partial charge in [0, 0.05) is 13.0 Å². The molecule has 0 spiro atoms. The van der Waals surface area contributed by atoms with Gasteiger partial charge in [0.15, 0.2) is 5.78 Å². The fourth-order valence-corrected chi connectivity index (χ4v) is 5.13. The molecule has 1 aliphatic rings. The van der Waals surface area contributed by atoms with Crippen molar-refractivity contribution in [2.75, 3.05) is 6.61 Å². The van der Waals surface area contributed by atoms with Gasteiger partial charge in [-0.05, 0) is 37.7 Å². The predicted octanol–water partition coefficient (Wildman–Crippen LogP) is 9.89. The van der Waals surface area contributed by atoms with Gasteiger partial charge in [-0.2, -0.15) is 0 Å². The van der Waals surface area contributed by atoms with E-state index < -0.39 is 5.60 Å². The number of allylic oxidation sites excluding steroid dienone is 1. The maximum Gasteiger partial charge on any atom is 0.172 e. The Kier molecular flexibility index (Phi) is 18.2. The highest BCUT2D eigenvalue weighted by atomic mass is 16.5. The molecule has 2 heteroatoms. The maximum absolute atomic E-state index is 13.1. The van der Waals surface area contributed by atoms with Crippen LogP contribution in [0.2, 0.25) is 0 Å². The minimum Gasteiger partial charge on any atom is -0.363 e. The van der Waals surface area contributed by atoms with E-state index in [9.17, 15) is 4.79 Å². The molecule has 1 rings (SSSR count). The molecule has 0 N–H and O–H groups in total. The van der Waals surface area contributed by atoms with Crippen LogP contribution in [0, 0.1) is 0 Å². The van der Waals surface area contributed by atoms with Crippen LogP contribution in [0.4, 0.5) is 0 Å². The number of hydrogen-bond acceptors (Lipinski definition) is 2. The van der Waals surface area contributed by atoms with Crippen molar-refractivity contribution in [3.63, 3.8) is 0 Å². The zero-order chi connectivity index (χ0) is 23.3. The van der Waals surface area contributed by atoms with E-state index in [-0.39, 0.29) is 0 Å². The topological polar surface area (TPSA) is 26.3 Å². The highest BCUT2D eigenvalue weighted by Gasteiger charge is 2.44. The number of carbonyl (C=O) groups is 1. The van der Waals surface area contributed by atoms with Crippen LogP contribution in [-0.4, -0.2) is 18.0 Å². The lowest BCUT2D eigenvalue weighted by molar-refractivity contribution is -0.138. The first-order chi connectivity index (χ1) is 15.7. The molecule has 2 nitrogen and oxygen atoms in total. The molecule has 0 amide bonds. The quantitative estimate of drug-likeness (QED) is 0.115. The van der Waals surface area contributed by atoms with Crippen molar-refractivity contribution >= 4 is 5.78 Å². The van der Waals surface area contributed by atoms with Crippen molar-refractivity contribution in [2.45, 2.75) is 168 Å². The molecule has 0 aromatic heterocycles. The van der Waals surface area contributed by atoms with E-state index in [1.807, 2.05) is 0 Å². The lowest BCUT2D eigenvalue weighted by atomic mass is 9.85. The fraction of sp³-hybridized carbons (Fsp3) is 0.900. The molecule has 1 atom stereocenters. The smallest absolute Gasteiger partial charge is 0.172 e. The summed E-state index contributed by atoms with van der Waals surface area (Å²) in [5.41, 5.74) is 0.754. The van der Waals surface area contributed by atoms with Gasteiger partial charge in [-0.3, -0.25) is 4.79 Å². The van der Waals surface area contributed by atoms with Gasteiger partial charge in [0.25, 0.3) is 0 Å². The normalized spacial score (nSPS) is 18.5. The molecular weight excluding hydrogens is 392 g/mol. The molecule has 32 heavy (non-hydrogen) atoms. The summed E-state index contributed by atoms with van der Waals surface area (Å²) < 4.78 is 6.48. The first-order valence-electron chi connectivity index (χ1n) is 14.6. The summed E-state index contributed by atoms with van der Waals surface area (Å²) in [7, 11) is 0. The van der Waals surface area contributed by atoms with Crippen LogP contribution >= 0.6 is 0 Å². The van der Waals surface area contributed by atoms with Crippen LogP contribution in [0.25, 0.3) is 0 Å². The molecule has 0 saturated carbocycles. The van der Waals surface area contributed by atoms with Gasteiger partial charge < -0.3 is 4.74 Å². The van der Waals surface area contributed by atoms with E-state index in [0.717, 1.165) is 32.3 Å². The summed E-state index contributed by atoms with van der Waals surface area (Å²) in [6.07, 6.45) is 29.4. The Labute approximate surface area is 201 Å². The molecule has 0 bridgehead atoms. The van der Waals surface area contributed by atoms with Crippen LogP contribution in [0.5, 0.6) is 0 Å². The third-order valence-corrected chi connectivity index (χ3v) is 7.28. The molecule has 0 radical (unpaired) electrons. The molecular formula is C30H56O2. The number of ether oxygens (including phenoxy) is 1. The Morgan fingerprint density at radius 2 is 1.12 bits per heavy atom. The van der Waals surface area contributed by atoms with Crippen molar-refractivity contribution < 1.29 is 9.53 Å². The monoisotopic (exact) mass is 448 g/mol. The minimum absolute atomic E-state index is 0.339. The molecule has 188 valence electrons. The number of unbranched alkanes of at least 4 members (excludes halogenated alkanes) is 16. The molecule has 0 aromatic carbocycles. The van der Waals surface area contributed by atoms with E-state index in [1.54, 1.807) is 0 Å². The third kappa shape index (κ3) is 12.0. The number of carbonyl (C=O) groups excluding carboxylic acids is 1. The highest BCUT2D eigenvalue weighted by molar-refractivity contribution is 5.95. The second-order valence-corrected chi connectivity index (χ2v) is 10.2. The van der Waals surface area contributed by atoms with Crippen LogP contribution < -0.4 is 0 Å². The molecule has 1 aliphatic carbocycles. The Hall–Kier alpha value is -0.630. The summed E-state index contributed by atoms with van der Waals surface area (Å²) >= 11 is 0. The van der Waals surface area contributed by atoms with E-state index in [1.165, 1.54) is 115 Å². The summed E-state index contributed by atoms with van der Waals surface area (Å²) in [5, 5.41) is 0. The van der Waals surface area contributed by atoms with E-state index in [0.29, 0.717) is 12.2 Å². The number of Topliss-reactive ketones (excluding diaryl/α,β-unsaturated/α-hetero) is 1. The average Bonchev–Trinajstić information content (AvgIpc) is 3.10. The summed E-state index contributed by atoms with van der Waals surface area (Å²) in [6, 6.07) is 0. The molecule has 0 aromatic rings. The minimum atomic E-state index is -0.572. The summed E-state index contributed by atoms with van der Waals surface area (Å²) in [6.45, 7) is 7.52. The van der Waals surface area contributed by atoms with Crippen molar-refractivity contribution in [1.29, 1.82) is 0 Å². The third-order valence-electron chi connectivity index (χ3n) is 7.28. The average molecular weight is 449 g/mol. The van der Waals surface area contributed by atoms with Gasteiger partial charge >= 0.3 is 0 Å². The number of ketones is 1. The molecule has 0 heterocycles. The van der Waals surface area contributed by atoms with Crippen LogP contribution in [0.3, 0.4) is 0 Å². The van der Waals surface area contributed by atoms with Crippen molar-refractivity contribution in [2.24, 2.45) is 0 Å². The van der Waals surface area contributed by atoms with Crippen LogP contribution in [0.1, 0.15) is 162 Å². The summed E-state index contributed by atoms with van der Waals surface area (Å²) in [5.74, 6) is 0.339. The van der Waals surface area contributed by atoms with Gasteiger partial charge in [0.1, 0.15) is 5.60 Å². The SMILES string of the molecule is CCCCCCCCCCC1=CCC(=O)C1(CCCCCCCCCC)OCCCCC.